The zero-order chi connectivity index (χ0) is 20.6. The number of ether oxygens (including phenoxy) is 3. The fraction of sp³-hybridized carbons (Fsp3) is 0.417. The van der Waals surface area contributed by atoms with Gasteiger partial charge in [0.05, 0.1) is 31.5 Å². The van der Waals surface area contributed by atoms with Gasteiger partial charge in [0.15, 0.2) is 6.29 Å². The number of nitrogens with zero attached hydrogens (tertiary/aromatic N) is 2. The molecule has 1 saturated heterocycles. The molecule has 0 spiro atoms. The Morgan fingerprint density at radius 2 is 1.83 bits per heavy atom. The van der Waals surface area contributed by atoms with Gasteiger partial charge >= 0.3 is 0 Å². The van der Waals surface area contributed by atoms with E-state index in [9.17, 15) is 4.79 Å². The van der Waals surface area contributed by atoms with E-state index in [2.05, 4.69) is 12.1 Å². The molecule has 2 aromatic rings. The van der Waals surface area contributed by atoms with E-state index in [0.29, 0.717) is 32.7 Å². The normalized spacial score (nSPS) is 25.8. The molecular formula is C24H26N2O4. The van der Waals surface area contributed by atoms with E-state index >= 15 is 0 Å². The average molecular weight is 406 g/mol. The summed E-state index contributed by atoms with van der Waals surface area (Å²) >= 11 is 0. The maximum absolute atomic E-state index is 12.9. The van der Waals surface area contributed by atoms with Gasteiger partial charge in [-0.05, 0) is 30.5 Å². The Morgan fingerprint density at radius 3 is 2.60 bits per heavy atom. The second-order valence-corrected chi connectivity index (χ2v) is 8.03. The molecule has 3 aliphatic rings. The van der Waals surface area contributed by atoms with Crippen molar-refractivity contribution >= 4 is 11.6 Å². The highest BCUT2D eigenvalue weighted by molar-refractivity contribution is 6.08. The van der Waals surface area contributed by atoms with Crippen molar-refractivity contribution in [1.29, 1.82) is 0 Å². The van der Waals surface area contributed by atoms with E-state index in [1.807, 2.05) is 42.5 Å². The minimum absolute atomic E-state index is 0.0673. The van der Waals surface area contributed by atoms with Gasteiger partial charge in [0.2, 0.25) is 5.91 Å². The molecule has 0 aliphatic carbocycles. The highest BCUT2D eigenvalue weighted by atomic mass is 16.7. The van der Waals surface area contributed by atoms with Crippen LogP contribution in [0.3, 0.4) is 0 Å². The molecule has 0 aromatic heterocycles. The average Bonchev–Trinajstić information content (AvgIpc) is 3.15. The van der Waals surface area contributed by atoms with Crippen LogP contribution in [0.25, 0.3) is 0 Å². The zero-order valence-corrected chi connectivity index (χ0v) is 17.1. The number of fused-ring (bicyclic) bond motifs is 3. The second kappa shape index (κ2) is 7.85. The molecule has 1 fully saturated rings. The van der Waals surface area contributed by atoms with Crippen LogP contribution in [0.15, 0.2) is 59.7 Å². The number of hydrogen-bond donors (Lipinski definition) is 0. The molecule has 2 unspecified atom stereocenters. The van der Waals surface area contributed by atoms with Gasteiger partial charge in [-0.25, -0.2) is 5.01 Å². The quantitative estimate of drug-likeness (QED) is 0.777. The molecule has 2 aromatic carbocycles. The maximum Gasteiger partial charge on any atom is 0.240 e. The summed E-state index contributed by atoms with van der Waals surface area (Å²) in [6, 6.07) is 18.1. The van der Waals surface area contributed by atoms with Crippen LogP contribution in [0, 0.1) is 5.92 Å². The molecule has 1 amide bonds. The first-order chi connectivity index (χ1) is 14.7. The predicted molar refractivity (Wildman–Crippen MR) is 112 cm³/mol. The van der Waals surface area contributed by atoms with Crippen molar-refractivity contribution in [2.45, 2.75) is 38.0 Å². The standard InChI is InChI=1S/C24H26N2O4/c1-17(27)26-24(18-8-3-2-4-9-18,13-12-22-28-14-7-15-29-22)20-16-30-21-11-6-5-10-19(21)23(20)25-26/h2-6,8-11,20,22H,7,12-16H2,1H3. The number of benzene rings is 2. The van der Waals surface area contributed by atoms with Crippen molar-refractivity contribution in [3.05, 3.63) is 65.7 Å². The fourth-order valence-corrected chi connectivity index (χ4v) is 4.94. The zero-order valence-electron chi connectivity index (χ0n) is 17.1. The first-order valence-electron chi connectivity index (χ1n) is 10.6. The fourth-order valence-electron chi connectivity index (χ4n) is 4.94. The first kappa shape index (κ1) is 19.3. The van der Waals surface area contributed by atoms with Crippen LogP contribution in [0.4, 0.5) is 0 Å². The summed E-state index contributed by atoms with van der Waals surface area (Å²) in [5.74, 6) is 0.671. The number of rotatable bonds is 4. The molecule has 6 heteroatoms. The summed E-state index contributed by atoms with van der Waals surface area (Å²) in [5.41, 5.74) is 2.30. The van der Waals surface area contributed by atoms with E-state index in [0.717, 1.165) is 29.0 Å². The minimum atomic E-state index is -0.639. The summed E-state index contributed by atoms with van der Waals surface area (Å²) in [4.78, 5) is 12.9. The first-order valence-corrected chi connectivity index (χ1v) is 10.6. The van der Waals surface area contributed by atoms with Crippen molar-refractivity contribution < 1.29 is 19.0 Å². The highest BCUT2D eigenvalue weighted by Crippen LogP contribution is 2.50. The SMILES string of the molecule is CC(=O)N1N=C2c3ccccc3OCC2C1(CCC1OCCCO1)c1ccccc1. The Bertz CT molecular complexity index is 955. The van der Waals surface area contributed by atoms with Crippen LogP contribution in [-0.2, 0) is 19.8 Å². The smallest absolute Gasteiger partial charge is 0.240 e. The molecule has 0 radical (unpaired) electrons. The third-order valence-electron chi connectivity index (χ3n) is 6.29. The number of carbonyl (C=O) groups is 1. The van der Waals surface area contributed by atoms with Crippen LogP contribution in [0.5, 0.6) is 5.75 Å². The molecule has 0 bridgehead atoms. The Balaban J connectivity index is 1.59. The molecule has 3 aliphatic heterocycles. The molecular weight excluding hydrogens is 380 g/mol. The van der Waals surface area contributed by atoms with Crippen molar-refractivity contribution in [3.63, 3.8) is 0 Å². The van der Waals surface area contributed by atoms with Crippen LogP contribution in [-0.4, -0.2) is 42.7 Å². The largest absolute Gasteiger partial charge is 0.492 e. The van der Waals surface area contributed by atoms with Gasteiger partial charge in [-0.3, -0.25) is 4.79 Å². The number of hydrazone groups is 1. The Labute approximate surface area is 176 Å². The molecule has 0 saturated carbocycles. The van der Waals surface area contributed by atoms with Gasteiger partial charge in [0, 0.05) is 18.9 Å². The molecule has 3 heterocycles. The number of carbonyl (C=O) groups excluding carboxylic acids is 1. The van der Waals surface area contributed by atoms with Gasteiger partial charge in [0.1, 0.15) is 11.3 Å². The van der Waals surface area contributed by atoms with Crippen LogP contribution in [0.1, 0.15) is 37.3 Å². The summed E-state index contributed by atoms with van der Waals surface area (Å²) in [6.45, 7) is 3.47. The van der Waals surface area contributed by atoms with Crippen molar-refractivity contribution in [3.8, 4) is 5.75 Å². The van der Waals surface area contributed by atoms with Gasteiger partial charge in [-0.1, -0.05) is 42.5 Å². The lowest BCUT2D eigenvalue weighted by Gasteiger charge is -2.43. The van der Waals surface area contributed by atoms with E-state index in [-0.39, 0.29) is 18.1 Å². The van der Waals surface area contributed by atoms with Crippen molar-refractivity contribution in [2.75, 3.05) is 19.8 Å². The topological polar surface area (TPSA) is 60.4 Å². The lowest BCUT2D eigenvalue weighted by molar-refractivity contribution is -0.186. The van der Waals surface area contributed by atoms with E-state index in [4.69, 9.17) is 19.3 Å². The van der Waals surface area contributed by atoms with Gasteiger partial charge in [-0.15, -0.1) is 0 Å². The molecule has 5 rings (SSSR count). The van der Waals surface area contributed by atoms with E-state index < -0.39 is 5.54 Å². The second-order valence-electron chi connectivity index (χ2n) is 8.03. The lowest BCUT2D eigenvalue weighted by Crippen LogP contribution is -2.51. The van der Waals surface area contributed by atoms with E-state index in [1.165, 1.54) is 0 Å². The monoisotopic (exact) mass is 406 g/mol. The molecule has 6 nitrogen and oxygen atoms in total. The molecule has 0 N–H and O–H groups in total. The Morgan fingerprint density at radius 1 is 1.10 bits per heavy atom. The summed E-state index contributed by atoms with van der Waals surface area (Å²) in [5, 5.41) is 6.56. The van der Waals surface area contributed by atoms with Crippen LogP contribution < -0.4 is 4.74 Å². The van der Waals surface area contributed by atoms with Gasteiger partial charge < -0.3 is 14.2 Å². The predicted octanol–water partition coefficient (Wildman–Crippen LogP) is 3.70. The maximum atomic E-state index is 12.9. The van der Waals surface area contributed by atoms with Crippen LogP contribution in [0.2, 0.25) is 0 Å². The summed E-state index contributed by atoms with van der Waals surface area (Å²) < 4.78 is 17.8. The number of amides is 1. The van der Waals surface area contributed by atoms with Crippen LogP contribution >= 0.6 is 0 Å². The van der Waals surface area contributed by atoms with Crippen molar-refractivity contribution in [2.24, 2.45) is 11.0 Å². The lowest BCUT2D eigenvalue weighted by atomic mass is 9.71. The molecule has 156 valence electrons. The highest BCUT2D eigenvalue weighted by Gasteiger charge is 2.56. The summed E-state index contributed by atoms with van der Waals surface area (Å²) in [6.07, 6.45) is 2.01. The Hall–Kier alpha value is -2.70. The minimum Gasteiger partial charge on any atom is -0.492 e. The third kappa shape index (κ3) is 3.11. The third-order valence-corrected chi connectivity index (χ3v) is 6.29. The molecule has 2 atom stereocenters. The Kier molecular flexibility index (Phi) is 5.05. The number of hydrogen-bond acceptors (Lipinski definition) is 5. The van der Waals surface area contributed by atoms with Gasteiger partial charge in [-0.2, -0.15) is 5.10 Å². The van der Waals surface area contributed by atoms with Gasteiger partial charge in [0.25, 0.3) is 0 Å². The molecule has 30 heavy (non-hydrogen) atoms. The summed E-state index contributed by atoms with van der Waals surface area (Å²) in [7, 11) is 0. The number of para-hydroxylation sites is 1. The van der Waals surface area contributed by atoms with Crippen molar-refractivity contribution in [1.82, 2.24) is 5.01 Å². The van der Waals surface area contributed by atoms with E-state index in [1.54, 1.807) is 11.9 Å².